The van der Waals surface area contributed by atoms with Gasteiger partial charge in [-0.2, -0.15) is 0 Å². The molecule has 0 radical (unpaired) electrons. The predicted molar refractivity (Wildman–Crippen MR) is 88.5 cm³/mol. The number of benzene rings is 1. The highest BCUT2D eigenvalue weighted by atomic mass is 14.9. The summed E-state index contributed by atoms with van der Waals surface area (Å²) in [5.41, 5.74) is 4.00. The maximum atomic E-state index is 4.10. The first-order valence-electron chi connectivity index (χ1n) is 7.65. The molecule has 1 aromatic carbocycles. The van der Waals surface area contributed by atoms with Gasteiger partial charge in [-0.3, -0.25) is 0 Å². The average molecular weight is 269 g/mol. The third-order valence-corrected chi connectivity index (χ3v) is 4.61. The highest BCUT2D eigenvalue weighted by Gasteiger charge is 2.33. The van der Waals surface area contributed by atoms with E-state index in [0.717, 1.165) is 18.2 Å². The van der Waals surface area contributed by atoms with Crippen molar-refractivity contribution < 1.29 is 0 Å². The van der Waals surface area contributed by atoms with Crippen LogP contribution in [0.2, 0.25) is 0 Å². The lowest BCUT2D eigenvalue weighted by Crippen LogP contribution is -2.28. The summed E-state index contributed by atoms with van der Waals surface area (Å²) in [7, 11) is 0. The summed E-state index contributed by atoms with van der Waals surface area (Å²) in [5, 5.41) is 3.48. The van der Waals surface area contributed by atoms with Crippen molar-refractivity contribution in [3.63, 3.8) is 0 Å². The van der Waals surface area contributed by atoms with E-state index in [1.807, 2.05) is 0 Å². The molecule has 1 heteroatoms. The molecule has 1 nitrogen and oxygen atoms in total. The van der Waals surface area contributed by atoms with Crippen LogP contribution in [0.25, 0.3) is 6.08 Å². The minimum atomic E-state index is 0.480. The lowest BCUT2D eigenvalue weighted by Gasteiger charge is -2.27. The van der Waals surface area contributed by atoms with Crippen molar-refractivity contribution in [2.24, 2.45) is 11.3 Å². The van der Waals surface area contributed by atoms with Crippen LogP contribution in [0.3, 0.4) is 0 Å². The highest BCUT2D eigenvalue weighted by Crippen LogP contribution is 2.42. The second-order valence-corrected chi connectivity index (χ2v) is 6.73. The van der Waals surface area contributed by atoms with Gasteiger partial charge in [0.05, 0.1) is 0 Å². The van der Waals surface area contributed by atoms with Crippen LogP contribution in [0.1, 0.15) is 44.2 Å². The maximum absolute atomic E-state index is 4.10. The van der Waals surface area contributed by atoms with E-state index in [4.69, 9.17) is 0 Å². The Hall–Kier alpha value is -1.50. The molecule has 1 aromatic rings. The zero-order valence-corrected chi connectivity index (χ0v) is 13.1. The Kier molecular flexibility index (Phi) is 4.69. The summed E-state index contributed by atoms with van der Waals surface area (Å²) in [6.45, 7) is 12.0. The molecule has 0 saturated heterocycles. The first-order valence-corrected chi connectivity index (χ1v) is 7.65. The van der Waals surface area contributed by atoms with Gasteiger partial charge in [0, 0.05) is 12.2 Å². The van der Waals surface area contributed by atoms with E-state index in [1.54, 1.807) is 0 Å². The molecule has 0 amide bonds. The van der Waals surface area contributed by atoms with Gasteiger partial charge in [0.25, 0.3) is 0 Å². The van der Waals surface area contributed by atoms with Crippen molar-refractivity contribution in [3.05, 3.63) is 53.7 Å². The summed E-state index contributed by atoms with van der Waals surface area (Å²) in [5.74, 6) is 0.770. The van der Waals surface area contributed by atoms with Crippen LogP contribution in [0.5, 0.6) is 0 Å². The van der Waals surface area contributed by atoms with Crippen LogP contribution in [0, 0.1) is 18.3 Å². The second kappa shape index (κ2) is 6.30. The molecule has 0 bridgehead atoms. The quantitative estimate of drug-likeness (QED) is 0.747. The van der Waals surface area contributed by atoms with Crippen molar-refractivity contribution in [2.45, 2.75) is 40.0 Å². The molecule has 1 aliphatic rings. The Bertz CT molecular complexity index is 479. The molecule has 1 N–H and O–H groups in total. The summed E-state index contributed by atoms with van der Waals surface area (Å²) < 4.78 is 0. The topological polar surface area (TPSA) is 12.0 Å². The van der Waals surface area contributed by atoms with Gasteiger partial charge in [-0.25, -0.2) is 0 Å². The van der Waals surface area contributed by atoms with E-state index < -0.39 is 0 Å². The van der Waals surface area contributed by atoms with E-state index in [-0.39, 0.29) is 0 Å². The van der Waals surface area contributed by atoms with E-state index >= 15 is 0 Å². The maximum Gasteiger partial charge on any atom is 0.0267 e. The molecule has 20 heavy (non-hydrogen) atoms. The molecule has 1 aliphatic carbocycles. The van der Waals surface area contributed by atoms with Gasteiger partial charge in [-0.05, 0) is 42.7 Å². The van der Waals surface area contributed by atoms with Gasteiger partial charge in [0.15, 0.2) is 0 Å². The molecule has 2 rings (SSSR count). The van der Waals surface area contributed by atoms with Crippen LogP contribution >= 0.6 is 0 Å². The third-order valence-electron chi connectivity index (χ3n) is 4.61. The van der Waals surface area contributed by atoms with E-state index in [1.165, 1.54) is 30.4 Å². The first kappa shape index (κ1) is 14.9. The first-order chi connectivity index (χ1) is 9.47. The number of hydrogen-bond acceptors (Lipinski definition) is 1. The number of nitrogens with one attached hydrogen (secondary N) is 1. The standard InChI is InChI=1S/C19H27N/c1-15-7-10-17(11-8-15)12-9-16(2)20-14-18-6-5-13-19(18,3)4/h7-12,18,20H,2,5-6,13-14H2,1,3-4H3/b12-9+. The number of allylic oxidation sites excluding steroid dienone is 1. The Morgan fingerprint density at radius 2 is 2.05 bits per heavy atom. The highest BCUT2D eigenvalue weighted by molar-refractivity contribution is 5.52. The van der Waals surface area contributed by atoms with Crippen LogP contribution in [0.15, 0.2) is 42.6 Å². The van der Waals surface area contributed by atoms with Gasteiger partial charge < -0.3 is 5.32 Å². The predicted octanol–water partition coefficient (Wildman–Crippen LogP) is 4.94. The smallest absolute Gasteiger partial charge is 0.0267 e. The molecule has 1 saturated carbocycles. The largest absolute Gasteiger partial charge is 0.385 e. The van der Waals surface area contributed by atoms with Gasteiger partial charge in [-0.1, -0.05) is 62.8 Å². The summed E-state index contributed by atoms with van der Waals surface area (Å²) in [4.78, 5) is 0. The summed E-state index contributed by atoms with van der Waals surface area (Å²) in [6.07, 6.45) is 8.26. The number of rotatable bonds is 5. The zero-order chi connectivity index (χ0) is 14.6. The molecule has 108 valence electrons. The fourth-order valence-corrected chi connectivity index (χ4v) is 2.96. The SMILES string of the molecule is C=C(/C=C/c1ccc(C)cc1)NCC1CCCC1(C)C. The second-order valence-electron chi connectivity index (χ2n) is 6.73. The average Bonchev–Trinajstić information content (AvgIpc) is 2.74. The molecular formula is C19H27N. The van der Waals surface area contributed by atoms with E-state index in [2.05, 4.69) is 69.1 Å². The Balaban J connectivity index is 1.82. The van der Waals surface area contributed by atoms with Crippen LogP contribution in [0.4, 0.5) is 0 Å². The monoisotopic (exact) mass is 269 g/mol. The molecule has 0 aromatic heterocycles. The fourth-order valence-electron chi connectivity index (χ4n) is 2.96. The summed E-state index contributed by atoms with van der Waals surface area (Å²) in [6, 6.07) is 8.55. The molecular weight excluding hydrogens is 242 g/mol. The van der Waals surface area contributed by atoms with Crippen molar-refractivity contribution in [2.75, 3.05) is 6.54 Å². The van der Waals surface area contributed by atoms with Crippen molar-refractivity contribution in [1.82, 2.24) is 5.32 Å². The van der Waals surface area contributed by atoms with Crippen molar-refractivity contribution in [3.8, 4) is 0 Å². The van der Waals surface area contributed by atoms with Gasteiger partial charge in [-0.15, -0.1) is 0 Å². The lowest BCUT2D eigenvalue weighted by atomic mass is 9.82. The fraction of sp³-hybridized carbons (Fsp3) is 0.474. The lowest BCUT2D eigenvalue weighted by molar-refractivity contribution is 0.257. The summed E-state index contributed by atoms with van der Waals surface area (Å²) >= 11 is 0. The Labute approximate surface area is 123 Å². The number of aryl methyl sites for hydroxylation is 1. The Morgan fingerprint density at radius 1 is 1.35 bits per heavy atom. The Morgan fingerprint density at radius 3 is 2.65 bits per heavy atom. The van der Waals surface area contributed by atoms with E-state index in [9.17, 15) is 0 Å². The molecule has 1 fully saturated rings. The molecule has 1 atom stereocenters. The zero-order valence-electron chi connectivity index (χ0n) is 13.1. The van der Waals surface area contributed by atoms with Crippen LogP contribution < -0.4 is 5.32 Å². The minimum absolute atomic E-state index is 0.480. The van der Waals surface area contributed by atoms with Crippen LogP contribution in [-0.4, -0.2) is 6.54 Å². The molecule has 0 aliphatic heterocycles. The minimum Gasteiger partial charge on any atom is -0.385 e. The molecule has 0 spiro atoms. The van der Waals surface area contributed by atoms with Crippen LogP contribution in [-0.2, 0) is 0 Å². The molecule has 1 unspecified atom stereocenters. The normalized spacial score (nSPS) is 21.2. The van der Waals surface area contributed by atoms with E-state index in [0.29, 0.717) is 5.41 Å². The van der Waals surface area contributed by atoms with Crippen molar-refractivity contribution >= 4 is 6.08 Å². The molecule has 0 heterocycles. The third kappa shape index (κ3) is 4.00. The van der Waals surface area contributed by atoms with Gasteiger partial charge >= 0.3 is 0 Å². The van der Waals surface area contributed by atoms with Gasteiger partial charge in [0.1, 0.15) is 0 Å². The van der Waals surface area contributed by atoms with Crippen molar-refractivity contribution in [1.29, 1.82) is 0 Å². The number of hydrogen-bond donors (Lipinski definition) is 1. The van der Waals surface area contributed by atoms with Gasteiger partial charge in [0.2, 0.25) is 0 Å².